The van der Waals surface area contributed by atoms with Crippen molar-refractivity contribution < 1.29 is 14.2 Å². The van der Waals surface area contributed by atoms with Crippen molar-refractivity contribution in [3.63, 3.8) is 0 Å². The van der Waals surface area contributed by atoms with E-state index in [0.29, 0.717) is 16.9 Å². The highest BCUT2D eigenvalue weighted by molar-refractivity contribution is 6.29. The van der Waals surface area contributed by atoms with Gasteiger partial charge in [0.15, 0.2) is 0 Å². The molecule has 0 aliphatic carbocycles. The average Bonchev–Trinajstić information content (AvgIpc) is 2.43. The van der Waals surface area contributed by atoms with Gasteiger partial charge < -0.3 is 15.6 Å². The summed E-state index contributed by atoms with van der Waals surface area (Å²) in [6.07, 6.45) is 3.71. The predicted octanol–water partition coefficient (Wildman–Crippen LogP) is 2.61. The third kappa shape index (κ3) is 5.99. The monoisotopic (exact) mass is 329 g/mol. The first kappa shape index (κ1) is 18.4. The van der Waals surface area contributed by atoms with E-state index in [1.54, 1.807) is 20.8 Å². The minimum absolute atomic E-state index is 0.211. The van der Waals surface area contributed by atoms with Gasteiger partial charge in [0.2, 0.25) is 0 Å². The summed E-state index contributed by atoms with van der Waals surface area (Å²) < 4.78 is 18.2. The molecule has 5 nitrogen and oxygen atoms in total. The highest BCUT2D eigenvalue weighted by atomic mass is 35.5. The summed E-state index contributed by atoms with van der Waals surface area (Å²) in [6, 6.07) is 1.50. The zero-order valence-corrected chi connectivity index (χ0v) is 13.6. The molecule has 0 radical (unpaired) electrons. The van der Waals surface area contributed by atoms with Crippen LogP contribution in [0.3, 0.4) is 0 Å². The van der Waals surface area contributed by atoms with Crippen LogP contribution in [0.1, 0.15) is 26.3 Å². The molecular formula is C15H21ClFN3O2. The standard InChI is InChI=1S/C15H21ClFN3O2/c1-10(5-17)22-13-4-14(16)20-8-12(13)11(6-18)7-19-9-15(2,3)21/h4,6-8,10,21H,5,9,18H2,1-3H3/b11-6+,19-7?. The van der Waals surface area contributed by atoms with Crippen LogP contribution in [0.15, 0.2) is 23.5 Å². The summed E-state index contributed by atoms with van der Waals surface area (Å²) in [6.45, 7) is 4.48. The van der Waals surface area contributed by atoms with Crippen molar-refractivity contribution in [2.75, 3.05) is 13.2 Å². The molecule has 22 heavy (non-hydrogen) atoms. The molecule has 0 aliphatic rings. The number of aliphatic imine (C=N–C) groups is 1. The van der Waals surface area contributed by atoms with Crippen molar-refractivity contribution in [2.45, 2.75) is 32.5 Å². The van der Waals surface area contributed by atoms with Gasteiger partial charge in [0, 0.05) is 35.8 Å². The van der Waals surface area contributed by atoms with Gasteiger partial charge in [-0.15, -0.1) is 0 Å². The van der Waals surface area contributed by atoms with Crippen molar-refractivity contribution in [2.24, 2.45) is 10.7 Å². The topological polar surface area (TPSA) is 80.7 Å². The van der Waals surface area contributed by atoms with Gasteiger partial charge in [-0.2, -0.15) is 0 Å². The van der Waals surface area contributed by atoms with Crippen LogP contribution >= 0.6 is 11.6 Å². The normalized spacial score (nSPS) is 14.4. The number of aromatic nitrogens is 1. The van der Waals surface area contributed by atoms with Crippen LogP contribution in [-0.2, 0) is 0 Å². The van der Waals surface area contributed by atoms with E-state index in [9.17, 15) is 9.50 Å². The molecule has 0 saturated carbocycles. The molecule has 0 bridgehead atoms. The van der Waals surface area contributed by atoms with Crippen LogP contribution in [0.5, 0.6) is 5.75 Å². The van der Waals surface area contributed by atoms with E-state index in [-0.39, 0.29) is 11.7 Å². The average molecular weight is 330 g/mol. The Morgan fingerprint density at radius 3 is 2.86 bits per heavy atom. The molecule has 1 rings (SSSR count). The molecule has 7 heteroatoms. The highest BCUT2D eigenvalue weighted by Crippen LogP contribution is 2.27. The molecule has 122 valence electrons. The summed E-state index contributed by atoms with van der Waals surface area (Å²) in [5.41, 5.74) is 5.78. The smallest absolute Gasteiger partial charge is 0.132 e. The molecule has 0 aromatic carbocycles. The molecule has 0 amide bonds. The number of nitrogens with two attached hydrogens (primary N) is 1. The number of halogens is 2. The summed E-state index contributed by atoms with van der Waals surface area (Å²) in [4.78, 5) is 8.12. The first-order valence-corrected chi connectivity index (χ1v) is 7.17. The van der Waals surface area contributed by atoms with Crippen LogP contribution in [0.4, 0.5) is 4.39 Å². The predicted molar refractivity (Wildman–Crippen MR) is 87.1 cm³/mol. The molecule has 1 heterocycles. The van der Waals surface area contributed by atoms with E-state index in [4.69, 9.17) is 22.1 Å². The van der Waals surface area contributed by atoms with E-state index >= 15 is 0 Å². The largest absolute Gasteiger partial charge is 0.487 e. The molecule has 3 N–H and O–H groups in total. The first-order chi connectivity index (χ1) is 10.3. The number of rotatable bonds is 7. The van der Waals surface area contributed by atoms with Crippen molar-refractivity contribution in [1.29, 1.82) is 0 Å². The van der Waals surface area contributed by atoms with Gasteiger partial charge >= 0.3 is 0 Å². The third-order valence-electron chi connectivity index (χ3n) is 2.58. The molecule has 0 aliphatic heterocycles. The van der Waals surface area contributed by atoms with Crippen molar-refractivity contribution in [1.82, 2.24) is 4.98 Å². The quantitative estimate of drug-likeness (QED) is 0.595. The fraction of sp³-hybridized carbons (Fsp3) is 0.467. The number of pyridine rings is 1. The van der Waals surface area contributed by atoms with Crippen LogP contribution in [0, 0.1) is 0 Å². The fourth-order valence-corrected chi connectivity index (χ4v) is 1.69. The summed E-state index contributed by atoms with van der Waals surface area (Å²) in [5, 5.41) is 9.89. The van der Waals surface area contributed by atoms with Crippen molar-refractivity contribution >= 4 is 23.4 Å². The lowest BCUT2D eigenvalue weighted by molar-refractivity contribution is 0.0906. The van der Waals surface area contributed by atoms with Gasteiger partial charge in [-0.25, -0.2) is 9.37 Å². The number of aliphatic hydroxyl groups is 1. The van der Waals surface area contributed by atoms with Crippen LogP contribution in [0.25, 0.3) is 5.57 Å². The molecule has 1 atom stereocenters. The highest BCUT2D eigenvalue weighted by Gasteiger charge is 2.14. The lowest BCUT2D eigenvalue weighted by Gasteiger charge is -2.16. The van der Waals surface area contributed by atoms with Crippen molar-refractivity contribution in [3.05, 3.63) is 29.2 Å². The Balaban J connectivity index is 3.06. The van der Waals surface area contributed by atoms with Gasteiger partial charge in [0.25, 0.3) is 0 Å². The summed E-state index contributed by atoms with van der Waals surface area (Å²) in [7, 11) is 0. The Bertz CT molecular complexity index is 556. The van der Waals surface area contributed by atoms with Crippen molar-refractivity contribution in [3.8, 4) is 5.75 Å². The second-order valence-corrected chi connectivity index (χ2v) is 5.88. The maximum absolute atomic E-state index is 12.7. The number of nitrogens with zero attached hydrogens (tertiary/aromatic N) is 2. The van der Waals surface area contributed by atoms with Crippen LogP contribution in [0.2, 0.25) is 5.15 Å². The molecule has 1 aromatic rings. The maximum Gasteiger partial charge on any atom is 0.132 e. The summed E-state index contributed by atoms with van der Waals surface area (Å²) >= 11 is 5.85. The molecule has 1 aromatic heterocycles. The Kier molecular flexibility index (Phi) is 6.77. The molecule has 0 fully saturated rings. The van der Waals surface area contributed by atoms with Gasteiger partial charge in [-0.05, 0) is 20.8 Å². The number of alkyl halides is 1. The van der Waals surface area contributed by atoms with E-state index in [0.717, 1.165) is 0 Å². The van der Waals surface area contributed by atoms with Gasteiger partial charge in [-0.1, -0.05) is 11.6 Å². The van der Waals surface area contributed by atoms with E-state index in [2.05, 4.69) is 9.98 Å². The Hall–Kier alpha value is -1.66. The maximum atomic E-state index is 12.7. The first-order valence-electron chi connectivity index (χ1n) is 6.79. The van der Waals surface area contributed by atoms with Gasteiger partial charge in [0.1, 0.15) is 23.7 Å². The Labute approximate surface area is 134 Å². The molecule has 1 unspecified atom stereocenters. The van der Waals surface area contributed by atoms with E-state index in [1.165, 1.54) is 24.7 Å². The van der Waals surface area contributed by atoms with E-state index in [1.807, 2.05) is 0 Å². The number of ether oxygens (including phenoxy) is 1. The fourth-order valence-electron chi connectivity index (χ4n) is 1.55. The summed E-state index contributed by atoms with van der Waals surface area (Å²) in [5.74, 6) is 0.372. The van der Waals surface area contributed by atoms with Crippen LogP contribution < -0.4 is 10.5 Å². The lowest BCUT2D eigenvalue weighted by Crippen LogP contribution is -2.22. The molecule has 0 saturated heterocycles. The third-order valence-corrected chi connectivity index (χ3v) is 2.78. The van der Waals surface area contributed by atoms with E-state index < -0.39 is 18.4 Å². The second-order valence-electron chi connectivity index (χ2n) is 5.49. The number of allylic oxidation sites excluding steroid dienone is 1. The SMILES string of the molecule is CC(CF)Oc1cc(Cl)ncc1/C(C=NCC(C)(C)O)=C/N. The van der Waals surface area contributed by atoms with Crippen LogP contribution in [-0.4, -0.2) is 41.2 Å². The number of hydrogen-bond acceptors (Lipinski definition) is 5. The lowest BCUT2D eigenvalue weighted by atomic mass is 10.1. The minimum atomic E-state index is -0.920. The van der Waals surface area contributed by atoms with Gasteiger partial charge in [0.05, 0.1) is 12.1 Å². The number of hydrogen-bond donors (Lipinski definition) is 2. The molecule has 0 spiro atoms. The van der Waals surface area contributed by atoms with Gasteiger partial charge in [-0.3, -0.25) is 4.99 Å². The second kappa shape index (κ2) is 8.10. The Morgan fingerprint density at radius 1 is 1.64 bits per heavy atom. The Morgan fingerprint density at radius 2 is 2.32 bits per heavy atom. The molecular weight excluding hydrogens is 309 g/mol. The zero-order valence-electron chi connectivity index (χ0n) is 12.9. The minimum Gasteiger partial charge on any atom is -0.487 e. The zero-order chi connectivity index (χ0) is 16.8.